The summed E-state index contributed by atoms with van der Waals surface area (Å²) in [5.74, 6) is 0.944. The summed E-state index contributed by atoms with van der Waals surface area (Å²) in [6.07, 6.45) is 7.57. The minimum absolute atomic E-state index is 0. The lowest BCUT2D eigenvalue weighted by molar-refractivity contribution is 0.0732. The van der Waals surface area contributed by atoms with Gasteiger partial charge in [0.15, 0.2) is 5.96 Å². The van der Waals surface area contributed by atoms with Crippen LogP contribution in [-0.4, -0.2) is 89.4 Å². The Bertz CT molecular complexity index is 403. The maximum absolute atomic E-state index is 5.28. The molecule has 2 aliphatic rings. The van der Waals surface area contributed by atoms with Gasteiger partial charge in [-0.3, -0.25) is 4.99 Å². The standard InChI is InChI=1S/C19H39N5O.HI/c1-20-18(22-17-19(7-4-8-19)9-16-25-3)21-10-5-12-24-13-6-11-23(2)14-15-24;/h4-17H2,1-3H3,(H2,20,21,22);1H. The molecule has 0 radical (unpaired) electrons. The topological polar surface area (TPSA) is 52.1 Å². The summed E-state index contributed by atoms with van der Waals surface area (Å²) >= 11 is 0. The van der Waals surface area contributed by atoms with Gasteiger partial charge in [-0.25, -0.2) is 0 Å². The summed E-state index contributed by atoms with van der Waals surface area (Å²) in [5, 5.41) is 7.02. The Morgan fingerprint density at radius 3 is 2.58 bits per heavy atom. The average molecular weight is 481 g/mol. The summed E-state index contributed by atoms with van der Waals surface area (Å²) in [6, 6.07) is 0. The first-order valence-corrected chi connectivity index (χ1v) is 10.0. The van der Waals surface area contributed by atoms with E-state index >= 15 is 0 Å². The van der Waals surface area contributed by atoms with Crippen LogP contribution in [0.2, 0.25) is 0 Å². The van der Waals surface area contributed by atoms with E-state index in [1.807, 2.05) is 7.05 Å². The van der Waals surface area contributed by atoms with Gasteiger partial charge in [-0.2, -0.15) is 0 Å². The molecule has 0 amide bonds. The molecule has 2 fully saturated rings. The zero-order valence-electron chi connectivity index (χ0n) is 17.1. The summed E-state index contributed by atoms with van der Waals surface area (Å²) in [4.78, 5) is 9.41. The lowest BCUT2D eigenvalue weighted by Gasteiger charge is -2.42. The van der Waals surface area contributed by atoms with E-state index in [-0.39, 0.29) is 24.0 Å². The molecular formula is C19H40IN5O. The highest BCUT2D eigenvalue weighted by Crippen LogP contribution is 2.43. The molecule has 1 heterocycles. The van der Waals surface area contributed by atoms with Crippen LogP contribution in [0.1, 0.15) is 38.5 Å². The number of methoxy groups -OCH3 is 1. The van der Waals surface area contributed by atoms with E-state index in [1.165, 1.54) is 64.8 Å². The third kappa shape index (κ3) is 8.27. The first-order valence-electron chi connectivity index (χ1n) is 10.0. The van der Waals surface area contributed by atoms with Crippen molar-refractivity contribution in [1.82, 2.24) is 20.4 Å². The number of rotatable bonds is 9. The van der Waals surface area contributed by atoms with Gasteiger partial charge < -0.3 is 25.2 Å². The number of hydrogen-bond acceptors (Lipinski definition) is 4. The number of likely N-dealkylation sites (N-methyl/N-ethyl adjacent to an activating group) is 1. The Balaban J connectivity index is 0.00000338. The SMILES string of the molecule is CN=C(NCCCN1CCCN(C)CC1)NCC1(CCOC)CCC1.I. The van der Waals surface area contributed by atoms with Gasteiger partial charge in [0.05, 0.1) is 0 Å². The minimum atomic E-state index is 0. The molecule has 154 valence electrons. The van der Waals surface area contributed by atoms with Gasteiger partial charge >= 0.3 is 0 Å². The van der Waals surface area contributed by atoms with Crippen molar-refractivity contribution >= 4 is 29.9 Å². The van der Waals surface area contributed by atoms with Gasteiger partial charge in [-0.05, 0) is 64.2 Å². The predicted octanol–water partition coefficient (Wildman–Crippen LogP) is 2.00. The second-order valence-corrected chi connectivity index (χ2v) is 7.80. The zero-order chi connectivity index (χ0) is 18.0. The van der Waals surface area contributed by atoms with Crippen molar-refractivity contribution in [2.24, 2.45) is 10.4 Å². The molecule has 0 aromatic carbocycles. The Morgan fingerprint density at radius 2 is 1.92 bits per heavy atom. The van der Waals surface area contributed by atoms with Crippen molar-refractivity contribution < 1.29 is 4.74 Å². The number of nitrogens with zero attached hydrogens (tertiary/aromatic N) is 3. The molecule has 0 aromatic heterocycles. The molecule has 7 heteroatoms. The Morgan fingerprint density at radius 1 is 1.12 bits per heavy atom. The molecule has 0 atom stereocenters. The minimum Gasteiger partial charge on any atom is -0.385 e. The molecule has 2 rings (SSSR count). The Hall–Kier alpha value is -0.120. The van der Waals surface area contributed by atoms with E-state index in [9.17, 15) is 0 Å². The number of ether oxygens (including phenoxy) is 1. The van der Waals surface area contributed by atoms with E-state index in [0.29, 0.717) is 5.41 Å². The third-order valence-corrected chi connectivity index (χ3v) is 5.86. The Labute approximate surface area is 177 Å². The molecule has 0 spiro atoms. The lowest BCUT2D eigenvalue weighted by atomic mass is 9.67. The van der Waals surface area contributed by atoms with E-state index < -0.39 is 0 Å². The molecule has 1 aliphatic heterocycles. The van der Waals surface area contributed by atoms with Gasteiger partial charge in [0, 0.05) is 46.9 Å². The van der Waals surface area contributed by atoms with Gasteiger partial charge in [0.2, 0.25) is 0 Å². The van der Waals surface area contributed by atoms with Crippen LogP contribution in [0, 0.1) is 5.41 Å². The monoisotopic (exact) mass is 481 g/mol. The third-order valence-electron chi connectivity index (χ3n) is 5.86. The van der Waals surface area contributed by atoms with E-state index in [2.05, 4.69) is 32.5 Å². The largest absolute Gasteiger partial charge is 0.385 e. The number of guanidine groups is 1. The second kappa shape index (κ2) is 13.1. The maximum atomic E-state index is 5.28. The van der Waals surface area contributed by atoms with E-state index in [1.54, 1.807) is 7.11 Å². The molecule has 6 nitrogen and oxygen atoms in total. The molecule has 2 N–H and O–H groups in total. The van der Waals surface area contributed by atoms with Gasteiger partial charge in [-0.15, -0.1) is 24.0 Å². The summed E-state index contributed by atoms with van der Waals surface area (Å²) < 4.78 is 5.28. The second-order valence-electron chi connectivity index (χ2n) is 7.80. The van der Waals surface area contributed by atoms with Crippen LogP contribution >= 0.6 is 24.0 Å². The van der Waals surface area contributed by atoms with E-state index in [4.69, 9.17) is 4.74 Å². The van der Waals surface area contributed by atoms with Crippen molar-refractivity contribution in [3.05, 3.63) is 0 Å². The summed E-state index contributed by atoms with van der Waals surface area (Å²) in [7, 11) is 5.88. The molecule has 26 heavy (non-hydrogen) atoms. The van der Waals surface area contributed by atoms with Crippen LogP contribution < -0.4 is 10.6 Å². The quantitative estimate of drug-likeness (QED) is 0.229. The van der Waals surface area contributed by atoms with Crippen LogP contribution in [0.15, 0.2) is 4.99 Å². The molecule has 0 aromatic rings. The highest BCUT2D eigenvalue weighted by atomic mass is 127. The fraction of sp³-hybridized carbons (Fsp3) is 0.947. The molecule has 1 saturated carbocycles. The number of halogens is 1. The van der Waals surface area contributed by atoms with Crippen molar-refractivity contribution in [3.8, 4) is 0 Å². The van der Waals surface area contributed by atoms with Gasteiger partial charge in [0.1, 0.15) is 0 Å². The van der Waals surface area contributed by atoms with Gasteiger partial charge in [-0.1, -0.05) is 6.42 Å². The smallest absolute Gasteiger partial charge is 0.190 e. The lowest BCUT2D eigenvalue weighted by Crippen LogP contribution is -2.47. The number of hydrogen-bond donors (Lipinski definition) is 2. The van der Waals surface area contributed by atoms with E-state index in [0.717, 1.165) is 32.1 Å². The molecule has 0 unspecified atom stereocenters. The predicted molar refractivity (Wildman–Crippen MR) is 121 cm³/mol. The average Bonchev–Trinajstić information content (AvgIpc) is 2.79. The normalized spacial score (nSPS) is 21.4. The fourth-order valence-corrected chi connectivity index (χ4v) is 3.84. The van der Waals surface area contributed by atoms with Crippen LogP contribution in [0.4, 0.5) is 0 Å². The zero-order valence-corrected chi connectivity index (χ0v) is 19.4. The first-order chi connectivity index (χ1) is 12.2. The molecular weight excluding hydrogens is 441 g/mol. The van der Waals surface area contributed by atoms with Crippen molar-refractivity contribution in [3.63, 3.8) is 0 Å². The van der Waals surface area contributed by atoms with Crippen LogP contribution in [0.3, 0.4) is 0 Å². The maximum Gasteiger partial charge on any atom is 0.190 e. The summed E-state index contributed by atoms with van der Waals surface area (Å²) in [5.41, 5.74) is 0.422. The first kappa shape index (κ1) is 23.9. The fourth-order valence-electron chi connectivity index (χ4n) is 3.84. The molecule has 1 aliphatic carbocycles. The van der Waals surface area contributed by atoms with Crippen molar-refractivity contribution in [2.45, 2.75) is 38.5 Å². The number of aliphatic imine (C=N–C) groups is 1. The molecule has 0 bridgehead atoms. The van der Waals surface area contributed by atoms with Crippen molar-refractivity contribution in [2.75, 3.05) is 73.6 Å². The Kier molecular flexibility index (Phi) is 12.1. The van der Waals surface area contributed by atoms with Gasteiger partial charge in [0.25, 0.3) is 0 Å². The highest BCUT2D eigenvalue weighted by molar-refractivity contribution is 14.0. The summed E-state index contributed by atoms with van der Waals surface area (Å²) in [6.45, 7) is 8.89. The van der Waals surface area contributed by atoms with Crippen LogP contribution in [0.25, 0.3) is 0 Å². The van der Waals surface area contributed by atoms with Crippen LogP contribution in [0.5, 0.6) is 0 Å². The molecule has 1 saturated heterocycles. The highest BCUT2D eigenvalue weighted by Gasteiger charge is 2.36. The van der Waals surface area contributed by atoms with Crippen LogP contribution in [-0.2, 0) is 4.74 Å². The van der Waals surface area contributed by atoms with Crippen molar-refractivity contribution in [1.29, 1.82) is 0 Å². The number of nitrogens with one attached hydrogen (secondary N) is 2.